The highest BCUT2D eigenvalue weighted by molar-refractivity contribution is 5.87. The summed E-state index contributed by atoms with van der Waals surface area (Å²) in [6.07, 6.45) is 2.64. The van der Waals surface area contributed by atoms with Crippen LogP contribution in [0, 0.1) is 0 Å². The van der Waals surface area contributed by atoms with Gasteiger partial charge in [-0.05, 0) is 12.1 Å². The zero-order valence-corrected chi connectivity index (χ0v) is 10.7. The van der Waals surface area contributed by atoms with Crippen molar-refractivity contribution < 1.29 is 14.6 Å². The number of hydrogen-bond acceptors (Lipinski definition) is 5. The average Bonchev–Trinajstić information content (AvgIpc) is 2.48. The summed E-state index contributed by atoms with van der Waals surface area (Å²) in [6, 6.07) is 3.58. The maximum Gasteiger partial charge on any atom is 0.342 e. The molecule has 7 heteroatoms. The van der Waals surface area contributed by atoms with Crippen LogP contribution in [0.3, 0.4) is 0 Å². The van der Waals surface area contributed by atoms with Gasteiger partial charge in [-0.15, -0.1) is 0 Å². The van der Waals surface area contributed by atoms with Crippen LogP contribution in [0.15, 0.2) is 29.3 Å². The highest BCUT2D eigenvalue weighted by atomic mass is 16.5. The number of nitrogens with zero attached hydrogens (tertiary/aromatic N) is 3. The first kappa shape index (κ1) is 12.6. The van der Waals surface area contributed by atoms with Crippen LogP contribution in [0.4, 0.5) is 5.69 Å². The fraction of sp³-hybridized carbons (Fsp3) is 0.308. The first-order valence-electron chi connectivity index (χ1n) is 6.25. The number of pyridine rings is 1. The summed E-state index contributed by atoms with van der Waals surface area (Å²) in [5.74, 6) is -1.27. The van der Waals surface area contributed by atoms with Crippen LogP contribution < -0.4 is 10.5 Å². The smallest absolute Gasteiger partial charge is 0.342 e. The van der Waals surface area contributed by atoms with Gasteiger partial charge in [-0.1, -0.05) is 0 Å². The standard InChI is InChI=1S/C13H13N3O4/c17-12-9(13(18)19)8-14-11-10(2-1-3-16(11)12)15-4-6-20-7-5-15/h1-3,8H,4-7H2,(H,18,19). The summed E-state index contributed by atoms with van der Waals surface area (Å²) in [7, 11) is 0. The Morgan fingerprint density at radius 1 is 1.35 bits per heavy atom. The Labute approximate surface area is 114 Å². The van der Waals surface area contributed by atoms with E-state index in [1.165, 1.54) is 10.6 Å². The average molecular weight is 275 g/mol. The molecular weight excluding hydrogens is 262 g/mol. The lowest BCUT2D eigenvalue weighted by Crippen LogP contribution is -2.37. The molecule has 0 amide bonds. The number of carboxylic acids is 1. The van der Waals surface area contributed by atoms with Crippen molar-refractivity contribution in [1.82, 2.24) is 9.38 Å². The molecule has 104 valence electrons. The fourth-order valence-corrected chi connectivity index (χ4v) is 2.29. The molecule has 3 heterocycles. The predicted octanol–water partition coefficient (Wildman–Crippen LogP) is 0.229. The first-order valence-corrected chi connectivity index (χ1v) is 6.25. The second-order valence-electron chi connectivity index (χ2n) is 4.47. The molecule has 0 bridgehead atoms. The van der Waals surface area contributed by atoms with Crippen LogP contribution in [0.25, 0.3) is 5.65 Å². The highest BCUT2D eigenvalue weighted by Gasteiger charge is 2.17. The van der Waals surface area contributed by atoms with E-state index in [4.69, 9.17) is 9.84 Å². The van der Waals surface area contributed by atoms with Crippen LogP contribution in [-0.4, -0.2) is 46.8 Å². The monoisotopic (exact) mass is 275 g/mol. The maximum atomic E-state index is 12.1. The van der Waals surface area contributed by atoms with Crippen molar-refractivity contribution >= 4 is 17.3 Å². The minimum atomic E-state index is -1.27. The molecule has 0 atom stereocenters. The summed E-state index contributed by atoms with van der Waals surface area (Å²) in [4.78, 5) is 29.3. The number of rotatable bonds is 2. The summed E-state index contributed by atoms with van der Waals surface area (Å²) in [5.41, 5.74) is 0.369. The molecule has 2 aromatic heterocycles. The number of aromatic nitrogens is 2. The van der Waals surface area contributed by atoms with Crippen molar-refractivity contribution in [3.63, 3.8) is 0 Å². The Bertz CT molecular complexity index is 719. The molecule has 0 unspecified atom stereocenters. The van der Waals surface area contributed by atoms with E-state index >= 15 is 0 Å². The SMILES string of the molecule is O=C(O)c1cnc2c(N3CCOCC3)cccn2c1=O. The molecule has 0 aliphatic carbocycles. The topological polar surface area (TPSA) is 84.1 Å². The van der Waals surface area contributed by atoms with Gasteiger partial charge in [0, 0.05) is 25.5 Å². The van der Waals surface area contributed by atoms with Crippen LogP contribution in [0.5, 0.6) is 0 Å². The van der Waals surface area contributed by atoms with E-state index < -0.39 is 11.5 Å². The molecule has 1 aliphatic heterocycles. The molecular formula is C13H13N3O4. The van der Waals surface area contributed by atoms with Crippen molar-refractivity contribution in [2.75, 3.05) is 31.2 Å². The quantitative estimate of drug-likeness (QED) is 0.844. The van der Waals surface area contributed by atoms with Crippen molar-refractivity contribution in [3.8, 4) is 0 Å². The first-order chi connectivity index (χ1) is 9.68. The van der Waals surface area contributed by atoms with Gasteiger partial charge in [0.25, 0.3) is 5.56 Å². The van der Waals surface area contributed by atoms with Gasteiger partial charge in [0.1, 0.15) is 5.56 Å². The summed E-state index contributed by atoms with van der Waals surface area (Å²) in [5, 5.41) is 8.96. The Hall–Kier alpha value is -2.41. The molecule has 0 saturated carbocycles. The van der Waals surface area contributed by atoms with Crippen LogP contribution in [0.2, 0.25) is 0 Å². The number of carbonyl (C=O) groups is 1. The minimum absolute atomic E-state index is 0.332. The molecule has 0 radical (unpaired) electrons. The van der Waals surface area contributed by atoms with E-state index in [-0.39, 0.29) is 5.56 Å². The predicted molar refractivity (Wildman–Crippen MR) is 71.5 cm³/mol. The van der Waals surface area contributed by atoms with Crippen LogP contribution >= 0.6 is 0 Å². The van der Waals surface area contributed by atoms with E-state index in [0.29, 0.717) is 18.9 Å². The van der Waals surface area contributed by atoms with Gasteiger partial charge in [-0.25, -0.2) is 9.78 Å². The van der Waals surface area contributed by atoms with Gasteiger partial charge in [0.05, 0.1) is 18.9 Å². The normalized spacial score (nSPS) is 15.5. The second-order valence-corrected chi connectivity index (χ2v) is 4.47. The summed E-state index contributed by atoms with van der Waals surface area (Å²) < 4.78 is 6.57. The van der Waals surface area contributed by atoms with E-state index in [0.717, 1.165) is 25.0 Å². The Kier molecular flexibility index (Phi) is 3.11. The lowest BCUT2D eigenvalue weighted by atomic mass is 10.3. The molecule has 1 fully saturated rings. The van der Waals surface area contributed by atoms with E-state index in [1.54, 1.807) is 6.07 Å². The molecule has 1 N–H and O–H groups in total. The van der Waals surface area contributed by atoms with Crippen molar-refractivity contribution in [2.24, 2.45) is 0 Å². The molecule has 2 aromatic rings. The lowest BCUT2D eigenvalue weighted by molar-refractivity contribution is 0.0694. The molecule has 1 aliphatic rings. The van der Waals surface area contributed by atoms with Crippen molar-refractivity contribution in [2.45, 2.75) is 0 Å². The minimum Gasteiger partial charge on any atom is -0.477 e. The molecule has 0 spiro atoms. The Morgan fingerprint density at radius 2 is 2.10 bits per heavy atom. The fourth-order valence-electron chi connectivity index (χ4n) is 2.29. The second kappa shape index (κ2) is 4.93. The number of morpholine rings is 1. The Morgan fingerprint density at radius 3 is 2.80 bits per heavy atom. The molecule has 1 saturated heterocycles. The zero-order valence-electron chi connectivity index (χ0n) is 10.7. The van der Waals surface area contributed by atoms with Crippen LogP contribution in [0.1, 0.15) is 10.4 Å². The van der Waals surface area contributed by atoms with Gasteiger partial charge < -0.3 is 14.7 Å². The van der Waals surface area contributed by atoms with E-state index in [9.17, 15) is 9.59 Å². The third-order valence-corrected chi connectivity index (χ3v) is 3.29. The molecule has 7 nitrogen and oxygen atoms in total. The zero-order chi connectivity index (χ0) is 14.1. The molecule has 20 heavy (non-hydrogen) atoms. The van der Waals surface area contributed by atoms with Crippen LogP contribution in [-0.2, 0) is 4.74 Å². The van der Waals surface area contributed by atoms with E-state index in [1.807, 2.05) is 6.07 Å². The number of carboxylic acid groups (broad SMARTS) is 1. The number of fused-ring (bicyclic) bond motifs is 1. The number of ether oxygens (including phenoxy) is 1. The lowest BCUT2D eigenvalue weighted by Gasteiger charge is -2.29. The summed E-state index contributed by atoms with van der Waals surface area (Å²) >= 11 is 0. The van der Waals surface area contributed by atoms with Gasteiger partial charge in [0.2, 0.25) is 0 Å². The molecule has 0 aromatic carbocycles. The molecule has 3 rings (SSSR count). The third-order valence-electron chi connectivity index (χ3n) is 3.29. The van der Waals surface area contributed by atoms with E-state index in [2.05, 4.69) is 9.88 Å². The highest BCUT2D eigenvalue weighted by Crippen LogP contribution is 2.19. The van der Waals surface area contributed by atoms with Gasteiger partial charge in [-0.3, -0.25) is 9.20 Å². The number of anilines is 1. The third kappa shape index (κ3) is 2.01. The largest absolute Gasteiger partial charge is 0.477 e. The van der Waals surface area contributed by atoms with Crippen molar-refractivity contribution in [1.29, 1.82) is 0 Å². The Balaban J connectivity index is 2.18. The number of hydrogen-bond donors (Lipinski definition) is 1. The van der Waals surface area contributed by atoms with Gasteiger partial charge >= 0.3 is 5.97 Å². The summed E-state index contributed by atoms with van der Waals surface area (Å²) in [6.45, 7) is 2.68. The number of aromatic carboxylic acids is 1. The maximum absolute atomic E-state index is 12.1. The van der Waals surface area contributed by atoms with Gasteiger partial charge in [-0.2, -0.15) is 0 Å². The van der Waals surface area contributed by atoms with Crippen molar-refractivity contribution in [3.05, 3.63) is 40.4 Å². The van der Waals surface area contributed by atoms with Gasteiger partial charge in [0.15, 0.2) is 5.65 Å².